The Labute approximate surface area is 121 Å². The largest absolute Gasteiger partial charge is 0.495 e. The number of carbonyl (C=O) groups excluding carboxylic acids is 1. The van der Waals surface area contributed by atoms with E-state index in [4.69, 9.17) is 4.74 Å². The van der Waals surface area contributed by atoms with Gasteiger partial charge in [0.05, 0.1) is 12.6 Å². The van der Waals surface area contributed by atoms with Crippen molar-refractivity contribution in [3.63, 3.8) is 0 Å². The maximum Gasteiger partial charge on any atom is 0.268 e. The number of fused-ring (bicyclic) bond motifs is 1. The number of ether oxygens (including phenoxy) is 1. The summed E-state index contributed by atoms with van der Waals surface area (Å²) in [6.45, 7) is 2.07. The van der Waals surface area contributed by atoms with Gasteiger partial charge in [-0.05, 0) is 19.1 Å². The Balaban J connectivity index is 2.65. The highest BCUT2D eigenvalue weighted by Crippen LogP contribution is 2.22. The number of para-hydroxylation sites is 1. The first-order valence-electron chi connectivity index (χ1n) is 6.18. The van der Waals surface area contributed by atoms with Gasteiger partial charge in [0, 0.05) is 23.2 Å². The van der Waals surface area contributed by atoms with Crippen LogP contribution in [-0.2, 0) is 0 Å². The fraction of sp³-hybridized carbons (Fsp3) is 0.286. The van der Waals surface area contributed by atoms with Crippen LogP contribution in [0.1, 0.15) is 16.1 Å². The molecule has 2 aromatic rings. The van der Waals surface area contributed by atoms with Crippen molar-refractivity contribution in [2.45, 2.75) is 6.92 Å². The molecule has 1 amide bonds. The molecule has 0 aliphatic heterocycles. The van der Waals surface area contributed by atoms with Gasteiger partial charge < -0.3 is 15.0 Å². The number of rotatable bonds is 4. The molecule has 0 fully saturated rings. The van der Waals surface area contributed by atoms with Gasteiger partial charge in [0.2, 0.25) is 0 Å². The Morgan fingerprint density at radius 1 is 1.45 bits per heavy atom. The number of nitrogens with one attached hydrogen (secondary N) is 2. The first-order chi connectivity index (χ1) is 9.60. The van der Waals surface area contributed by atoms with Crippen LogP contribution >= 0.6 is 12.6 Å². The van der Waals surface area contributed by atoms with Crippen LogP contribution in [-0.4, -0.2) is 30.3 Å². The summed E-state index contributed by atoms with van der Waals surface area (Å²) in [5.41, 5.74) is 1.01. The van der Waals surface area contributed by atoms with Crippen LogP contribution in [0.4, 0.5) is 0 Å². The van der Waals surface area contributed by atoms with E-state index in [9.17, 15) is 9.59 Å². The average molecular weight is 292 g/mol. The number of methoxy groups -OCH3 is 1. The summed E-state index contributed by atoms with van der Waals surface area (Å²) in [4.78, 5) is 27.4. The molecule has 0 spiro atoms. The monoisotopic (exact) mass is 292 g/mol. The van der Waals surface area contributed by atoms with E-state index >= 15 is 0 Å². The van der Waals surface area contributed by atoms with E-state index in [1.807, 2.05) is 0 Å². The smallest absolute Gasteiger partial charge is 0.268 e. The maximum atomic E-state index is 12.3. The molecule has 0 aliphatic carbocycles. The minimum atomic E-state index is -0.318. The van der Waals surface area contributed by atoms with Crippen molar-refractivity contribution in [3.05, 3.63) is 39.7 Å². The molecule has 6 heteroatoms. The van der Waals surface area contributed by atoms with Crippen LogP contribution in [0.15, 0.2) is 23.0 Å². The van der Waals surface area contributed by atoms with Gasteiger partial charge >= 0.3 is 0 Å². The fourth-order valence-corrected chi connectivity index (χ4v) is 2.15. The molecule has 106 valence electrons. The fourth-order valence-electron chi connectivity index (χ4n) is 2.04. The summed E-state index contributed by atoms with van der Waals surface area (Å²) >= 11 is 4.04. The highest BCUT2D eigenvalue weighted by atomic mass is 32.1. The SMILES string of the molecule is COc1cccc2c(=O)c(C)c(C(=O)NCCS)[nH]c12. The molecule has 0 unspecified atom stereocenters. The van der Waals surface area contributed by atoms with E-state index in [2.05, 4.69) is 22.9 Å². The predicted molar refractivity (Wildman–Crippen MR) is 82.0 cm³/mol. The summed E-state index contributed by atoms with van der Waals surface area (Å²) in [6, 6.07) is 5.19. The Hall–Kier alpha value is -1.95. The number of carbonyl (C=O) groups is 1. The normalized spacial score (nSPS) is 10.6. The molecule has 5 nitrogen and oxygen atoms in total. The number of hydrogen-bond donors (Lipinski definition) is 3. The molecule has 1 heterocycles. The number of aromatic amines is 1. The van der Waals surface area contributed by atoms with Gasteiger partial charge in [-0.25, -0.2) is 0 Å². The van der Waals surface area contributed by atoms with Crippen LogP contribution in [0.3, 0.4) is 0 Å². The number of benzene rings is 1. The quantitative estimate of drug-likeness (QED) is 0.748. The van der Waals surface area contributed by atoms with Crippen molar-refractivity contribution in [2.24, 2.45) is 0 Å². The van der Waals surface area contributed by atoms with Crippen molar-refractivity contribution in [1.82, 2.24) is 10.3 Å². The molecule has 0 bridgehead atoms. The number of thiol groups is 1. The Kier molecular flexibility index (Phi) is 4.34. The zero-order valence-corrected chi connectivity index (χ0v) is 12.2. The van der Waals surface area contributed by atoms with Gasteiger partial charge in [-0.15, -0.1) is 0 Å². The molecule has 2 N–H and O–H groups in total. The number of amides is 1. The summed E-state index contributed by atoms with van der Waals surface area (Å²) in [5, 5.41) is 3.20. The maximum absolute atomic E-state index is 12.3. The van der Waals surface area contributed by atoms with Crippen molar-refractivity contribution in [2.75, 3.05) is 19.4 Å². The van der Waals surface area contributed by atoms with Crippen molar-refractivity contribution in [3.8, 4) is 5.75 Å². The van der Waals surface area contributed by atoms with Crippen LogP contribution in [0.2, 0.25) is 0 Å². The number of pyridine rings is 1. The summed E-state index contributed by atoms with van der Waals surface area (Å²) in [5.74, 6) is 0.746. The molecule has 1 aromatic heterocycles. The van der Waals surface area contributed by atoms with Gasteiger partial charge in [-0.1, -0.05) is 6.07 Å². The Bertz CT molecular complexity index is 709. The van der Waals surface area contributed by atoms with Crippen molar-refractivity contribution < 1.29 is 9.53 Å². The van der Waals surface area contributed by atoms with Crippen LogP contribution in [0, 0.1) is 6.92 Å². The third kappa shape index (κ3) is 2.51. The van der Waals surface area contributed by atoms with E-state index < -0.39 is 0 Å². The molecule has 0 aliphatic rings. The number of aromatic nitrogens is 1. The number of H-pyrrole nitrogens is 1. The van der Waals surface area contributed by atoms with Crippen molar-refractivity contribution >= 4 is 29.4 Å². The molecule has 0 saturated carbocycles. The lowest BCUT2D eigenvalue weighted by Crippen LogP contribution is -2.29. The summed E-state index contributed by atoms with van der Waals surface area (Å²) < 4.78 is 5.22. The molecule has 0 radical (unpaired) electrons. The average Bonchev–Trinajstić information content (AvgIpc) is 2.47. The van der Waals surface area contributed by atoms with Gasteiger partial charge in [-0.2, -0.15) is 12.6 Å². The van der Waals surface area contributed by atoms with Crippen molar-refractivity contribution in [1.29, 1.82) is 0 Å². The van der Waals surface area contributed by atoms with E-state index in [0.29, 0.717) is 34.5 Å². The molecular weight excluding hydrogens is 276 g/mol. The minimum Gasteiger partial charge on any atom is -0.495 e. The molecular formula is C14H16N2O3S. The molecule has 20 heavy (non-hydrogen) atoms. The molecule has 1 aromatic carbocycles. The van der Waals surface area contributed by atoms with Crippen LogP contribution in [0.5, 0.6) is 5.75 Å². The van der Waals surface area contributed by atoms with E-state index in [-0.39, 0.29) is 17.0 Å². The van der Waals surface area contributed by atoms with Gasteiger partial charge in [0.1, 0.15) is 11.4 Å². The first kappa shape index (κ1) is 14.5. The van der Waals surface area contributed by atoms with Gasteiger partial charge in [0.15, 0.2) is 5.43 Å². The second kappa shape index (κ2) is 6.00. The molecule has 0 atom stereocenters. The van der Waals surface area contributed by atoms with Crippen LogP contribution in [0.25, 0.3) is 10.9 Å². The first-order valence-corrected chi connectivity index (χ1v) is 6.82. The third-order valence-electron chi connectivity index (χ3n) is 3.08. The topological polar surface area (TPSA) is 71.2 Å². The predicted octanol–water partition coefficient (Wildman–Crippen LogP) is 1.50. The standard InChI is InChI=1S/C14H16N2O3S/c1-8-11(14(18)15-6-7-20)16-12-9(13(8)17)4-3-5-10(12)19-2/h3-5,20H,6-7H2,1-2H3,(H,15,18)(H,16,17). The second-order valence-electron chi connectivity index (χ2n) is 4.32. The minimum absolute atomic E-state index is 0.173. The lowest BCUT2D eigenvalue weighted by molar-refractivity contribution is 0.0951. The third-order valence-corrected chi connectivity index (χ3v) is 3.30. The highest BCUT2D eigenvalue weighted by molar-refractivity contribution is 7.80. The van der Waals surface area contributed by atoms with Gasteiger partial charge in [-0.3, -0.25) is 9.59 Å². The Morgan fingerprint density at radius 2 is 2.20 bits per heavy atom. The highest BCUT2D eigenvalue weighted by Gasteiger charge is 2.16. The van der Waals surface area contributed by atoms with E-state index in [0.717, 1.165) is 0 Å². The zero-order chi connectivity index (χ0) is 14.7. The van der Waals surface area contributed by atoms with E-state index in [1.165, 1.54) is 7.11 Å². The van der Waals surface area contributed by atoms with E-state index in [1.54, 1.807) is 25.1 Å². The van der Waals surface area contributed by atoms with Crippen LogP contribution < -0.4 is 15.5 Å². The van der Waals surface area contributed by atoms with Gasteiger partial charge in [0.25, 0.3) is 5.91 Å². The molecule has 0 saturated heterocycles. The molecule has 2 rings (SSSR count). The number of hydrogen-bond acceptors (Lipinski definition) is 4. The Morgan fingerprint density at radius 3 is 2.85 bits per heavy atom. The summed E-state index contributed by atoms with van der Waals surface area (Å²) in [7, 11) is 1.52. The summed E-state index contributed by atoms with van der Waals surface area (Å²) in [6.07, 6.45) is 0. The lowest BCUT2D eigenvalue weighted by atomic mass is 10.1. The zero-order valence-electron chi connectivity index (χ0n) is 11.3. The second-order valence-corrected chi connectivity index (χ2v) is 4.76. The lowest BCUT2D eigenvalue weighted by Gasteiger charge is -2.10.